The van der Waals surface area contributed by atoms with E-state index in [-0.39, 0.29) is 0 Å². The molecule has 0 bridgehead atoms. The van der Waals surface area contributed by atoms with Crippen molar-refractivity contribution in [3.05, 3.63) is 28.9 Å². The lowest BCUT2D eigenvalue weighted by molar-refractivity contribution is 1.42. The number of H-pyrrole nitrogens is 1. The van der Waals surface area contributed by atoms with Crippen LogP contribution in [0.25, 0.3) is 10.9 Å². The van der Waals surface area contributed by atoms with Crippen LogP contribution in [0.2, 0.25) is 5.02 Å². The summed E-state index contributed by atoms with van der Waals surface area (Å²) in [6.45, 7) is 2.06. The zero-order chi connectivity index (χ0) is 9.42. The number of nitrogens with one attached hydrogen (secondary N) is 2. The molecule has 0 saturated carbocycles. The Morgan fingerprint density at radius 1 is 1.38 bits per heavy atom. The lowest BCUT2D eigenvalue weighted by atomic mass is 10.1. The molecule has 2 aromatic rings. The Balaban J connectivity index is 2.88. The first-order valence-corrected chi connectivity index (χ1v) is 4.55. The van der Waals surface area contributed by atoms with Crippen LogP contribution in [0.5, 0.6) is 0 Å². The van der Waals surface area contributed by atoms with Crippen molar-refractivity contribution >= 4 is 28.2 Å². The lowest BCUT2D eigenvalue weighted by Gasteiger charge is -2.06. The minimum Gasteiger partial charge on any atom is -0.387 e. The minimum absolute atomic E-state index is 0.767. The first-order valence-electron chi connectivity index (χ1n) is 4.18. The quantitative estimate of drug-likeness (QED) is 0.717. The van der Waals surface area contributed by atoms with Crippen molar-refractivity contribution < 1.29 is 0 Å². The van der Waals surface area contributed by atoms with Gasteiger partial charge in [0.2, 0.25) is 0 Å². The van der Waals surface area contributed by atoms with E-state index in [9.17, 15) is 0 Å². The Morgan fingerprint density at radius 3 is 2.85 bits per heavy atom. The van der Waals surface area contributed by atoms with E-state index in [1.807, 2.05) is 19.3 Å². The highest BCUT2D eigenvalue weighted by Crippen LogP contribution is 2.32. The van der Waals surface area contributed by atoms with E-state index < -0.39 is 0 Å². The summed E-state index contributed by atoms with van der Waals surface area (Å²) in [5, 5.41) is 5.00. The summed E-state index contributed by atoms with van der Waals surface area (Å²) in [5.74, 6) is 0. The number of rotatable bonds is 1. The summed E-state index contributed by atoms with van der Waals surface area (Å²) >= 11 is 6.06. The van der Waals surface area contributed by atoms with Crippen molar-refractivity contribution in [1.29, 1.82) is 0 Å². The van der Waals surface area contributed by atoms with E-state index in [0.29, 0.717) is 0 Å². The average molecular weight is 195 g/mol. The van der Waals surface area contributed by atoms with Gasteiger partial charge in [-0.15, -0.1) is 0 Å². The van der Waals surface area contributed by atoms with Crippen LogP contribution in [0, 0.1) is 6.92 Å². The third-order valence-corrected chi connectivity index (χ3v) is 2.55. The van der Waals surface area contributed by atoms with Crippen molar-refractivity contribution in [2.24, 2.45) is 0 Å². The molecule has 3 heteroatoms. The number of hydrogen-bond donors (Lipinski definition) is 2. The molecule has 0 unspecified atom stereocenters. The van der Waals surface area contributed by atoms with Crippen molar-refractivity contribution in [3.8, 4) is 0 Å². The molecule has 0 radical (unpaired) electrons. The van der Waals surface area contributed by atoms with Gasteiger partial charge in [-0.25, -0.2) is 0 Å². The fraction of sp³-hybridized carbons (Fsp3) is 0.200. The highest BCUT2D eigenvalue weighted by atomic mass is 35.5. The van der Waals surface area contributed by atoms with Gasteiger partial charge in [-0.1, -0.05) is 17.7 Å². The Bertz CT molecular complexity index is 445. The van der Waals surface area contributed by atoms with E-state index in [0.717, 1.165) is 21.6 Å². The summed E-state index contributed by atoms with van der Waals surface area (Å²) in [5.41, 5.74) is 3.38. The number of aromatic amines is 1. The second-order valence-corrected chi connectivity index (χ2v) is 3.47. The van der Waals surface area contributed by atoms with Crippen molar-refractivity contribution in [1.82, 2.24) is 4.98 Å². The van der Waals surface area contributed by atoms with Gasteiger partial charge in [-0.3, -0.25) is 0 Å². The molecule has 0 aliphatic rings. The van der Waals surface area contributed by atoms with Gasteiger partial charge in [0.05, 0.1) is 5.02 Å². The van der Waals surface area contributed by atoms with Gasteiger partial charge in [0, 0.05) is 29.8 Å². The molecular formula is C10H11ClN2. The Kier molecular flexibility index (Phi) is 1.93. The zero-order valence-electron chi connectivity index (χ0n) is 7.61. The van der Waals surface area contributed by atoms with Crippen LogP contribution in [0.1, 0.15) is 5.56 Å². The smallest absolute Gasteiger partial charge is 0.0680 e. The van der Waals surface area contributed by atoms with Gasteiger partial charge in [-0.05, 0) is 18.6 Å². The number of anilines is 1. The molecule has 2 nitrogen and oxygen atoms in total. The molecule has 1 heterocycles. The molecule has 1 aromatic carbocycles. The van der Waals surface area contributed by atoms with Gasteiger partial charge in [0.1, 0.15) is 0 Å². The largest absolute Gasteiger partial charge is 0.387 e. The van der Waals surface area contributed by atoms with Crippen LogP contribution in [-0.4, -0.2) is 12.0 Å². The van der Waals surface area contributed by atoms with E-state index >= 15 is 0 Å². The van der Waals surface area contributed by atoms with Gasteiger partial charge >= 0.3 is 0 Å². The molecular weight excluding hydrogens is 184 g/mol. The number of aromatic nitrogens is 1. The maximum Gasteiger partial charge on any atom is 0.0680 e. The maximum atomic E-state index is 6.06. The standard InChI is InChI=1S/C10H11ClN2/c1-6-3-4-8-9(10(6)12-2)7(11)5-13-8/h3-5,12-13H,1-2H3. The summed E-state index contributed by atoms with van der Waals surface area (Å²) in [6, 6.07) is 4.11. The monoisotopic (exact) mass is 194 g/mol. The second kappa shape index (κ2) is 2.96. The van der Waals surface area contributed by atoms with Crippen LogP contribution in [0.4, 0.5) is 5.69 Å². The van der Waals surface area contributed by atoms with Gasteiger partial charge in [0.25, 0.3) is 0 Å². The van der Waals surface area contributed by atoms with Crippen LogP contribution in [0.3, 0.4) is 0 Å². The van der Waals surface area contributed by atoms with E-state index in [2.05, 4.69) is 23.3 Å². The predicted molar refractivity (Wildman–Crippen MR) is 57.6 cm³/mol. The minimum atomic E-state index is 0.767. The van der Waals surface area contributed by atoms with Crippen molar-refractivity contribution in [2.45, 2.75) is 6.92 Å². The number of benzene rings is 1. The maximum absolute atomic E-state index is 6.06. The number of halogens is 1. The third kappa shape index (κ3) is 1.18. The second-order valence-electron chi connectivity index (χ2n) is 3.07. The van der Waals surface area contributed by atoms with Crippen molar-refractivity contribution in [3.63, 3.8) is 0 Å². The van der Waals surface area contributed by atoms with Gasteiger partial charge < -0.3 is 10.3 Å². The van der Waals surface area contributed by atoms with E-state index in [1.165, 1.54) is 5.56 Å². The molecule has 0 aliphatic carbocycles. The summed E-state index contributed by atoms with van der Waals surface area (Å²) in [4.78, 5) is 3.12. The highest BCUT2D eigenvalue weighted by molar-refractivity contribution is 6.36. The third-order valence-electron chi connectivity index (χ3n) is 2.26. The molecule has 2 N–H and O–H groups in total. The van der Waals surface area contributed by atoms with E-state index in [1.54, 1.807) is 0 Å². The molecule has 68 valence electrons. The number of fused-ring (bicyclic) bond motifs is 1. The number of aryl methyl sites for hydroxylation is 1. The highest BCUT2D eigenvalue weighted by Gasteiger charge is 2.07. The van der Waals surface area contributed by atoms with Gasteiger partial charge in [0.15, 0.2) is 0 Å². The Labute approximate surface area is 81.9 Å². The first-order chi connectivity index (χ1) is 6.24. The summed E-state index contributed by atoms with van der Waals surface area (Å²) in [6.07, 6.45) is 1.81. The molecule has 0 amide bonds. The molecule has 0 atom stereocenters. The van der Waals surface area contributed by atoms with Gasteiger partial charge in [-0.2, -0.15) is 0 Å². The van der Waals surface area contributed by atoms with Crippen LogP contribution < -0.4 is 5.32 Å². The first kappa shape index (κ1) is 8.45. The number of hydrogen-bond acceptors (Lipinski definition) is 1. The molecule has 0 aliphatic heterocycles. The Morgan fingerprint density at radius 2 is 2.15 bits per heavy atom. The average Bonchev–Trinajstić information content (AvgIpc) is 2.49. The van der Waals surface area contributed by atoms with Crippen LogP contribution in [0.15, 0.2) is 18.3 Å². The fourth-order valence-electron chi connectivity index (χ4n) is 1.61. The lowest BCUT2D eigenvalue weighted by Crippen LogP contribution is -1.91. The topological polar surface area (TPSA) is 27.8 Å². The zero-order valence-corrected chi connectivity index (χ0v) is 8.37. The van der Waals surface area contributed by atoms with Crippen LogP contribution >= 0.6 is 11.6 Å². The van der Waals surface area contributed by atoms with Crippen LogP contribution in [-0.2, 0) is 0 Å². The van der Waals surface area contributed by atoms with E-state index in [4.69, 9.17) is 11.6 Å². The summed E-state index contributed by atoms with van der Waals surface area (Å²) in [7, 11) is 1.91. The van der Waals surface area contributed by atoms with Crippen molar-refractivity contribution in [2.75, 3.05) is 12.4 Å². The molecule has 0 spiro atoms. The SMILES string of the molecule is CNc1c(C)ccc2[nH]cc(Cl)c12. The molecule has 1 aromatic heterocycles. The Hall–Kier alpha value is -1.15. The molecule has 2 rings (SSSR count). The predicted octanol–water partition coefficient (Wildman–Crippen LogP) is 3.17. The molecule has 0 fully saturated rings. The fourth-order valence-corrected chi connectivity index (χ4v) is 1.86. The summed E-state index contributed by atoms with van der Waals surface area (Å²) < 4.78 is 0. The molecule has 13 heavy (non-hydrogen) atoms. The molecule has 0 saturated heterocycles. The normalized spacial score (nSPS) is 10.7.